The van der Waals surface area contributed by atoms with Crippen LogP contribution in [0.3, 0.4) is 0 Å². The molecule has 0 saturated heterocycles. The first kappa shape index (κ1) is 13.3. The van der Waals surface area contributed by atoms with Gasteiger partial charge in [0.2, 0.25) is 5.78 Å². The van der Waals surface area contributed by atoms with Gasteiger partial charge < -0.3 is 9.32 Å². The predicted octanol–water partition coefficient (Wildman–Crippen LogP) is 2.54. The van der Waals surface area contributed by atoms with E-state index in [1.165, 1.54) is 6.26 Å². The monoisotopic (exact) mass is 241 g/mol. The van der Waals surface area contributed by atoms with Crippen molar-refractivity contribution in [3.63, 3.8) is 0 Å². The first-order valence-electron chi connectivity index (χ1n) is 5.64. The summed E-state index contributed by atoms with van der Waals surface area (Å²) in [7, 11) is 0. The Labute approximate surface area is 101 Å². The van der Waals surface area contributed by atoms with Crippen molar-refractivity contribution in [3.8, 4) is 0 Å². The number of hydrogen-bond acceptors (Lipinski definition) is 4. The molecule has 0 aliphatic rings. The SMILES string of the molecule is CCN(CC)CCSCC(=O)c1ccco1. The smallest absolute Gasteiger partial charge is 0.207 e. The number of thioether (sulfide) groups is 1. The molecule has 90 valence electrons. The lowest BCUT2D eigenvalue weighted by Crippen LogP contribution is -2.25. The Balaban J connectivity index is 2.14. The molecule has 0 fully saturated rings. The van der Waals surface area contributed by atoms with E-state index in [1.54, 1.807) is 23.9 Å². The van der Waals surface area contributed by atoms with Crippen molar-refractivity contribution in [1.29, 1.82) is 0 Å². The maximum atomic E-state index is 11.6. The van der Waals surface area contributed by atoms with Crippen LogP contribution in [0.15, 0.2) is 22.8 Å². The van der Waals surface area contributed by atoms with Crippen LogP contribution in [-0.4, -0.2) is 41.8 Å². The van der Waals surface area contributed by atoms with Gasteiger partial charge in [0.1, 0.15) is 0 Å². The average Bonchev–Trinajstić information content (AvgIpc) is 2.82. The Hall–Kier alpha value is -0.740. The van der Waals surface area contributed by atoms with Crippen LogP contribution in [0.25, 0.3) is 0 Å². The number of Topliss-reactive ketones (excluding diaryl/α,β-unsaturated/α-hetero) is 1. The van der Waals surface area contributed by atoms with Crippen LogP contribution in [0.5, 0.6) is 0 Å². The lowest BCUT2D eigenvalue weighted by Gasteiger charge is -2.16. The van der Waals surface area contributed by atoms with E-state index in [2.05, 4.69) is 18.7 Å². The van der Waals surface area contributed by atoms with Gasteiger partial charge in [-0.05, 0) is 25.2 Å². The minimum absolute atomic E-state index is 0.0783. The Kier molecular flexibility index (Phi) is 6.26. The summed E-state index contributed by atoms with van der Waals surface area (Å²) < 4.78 is 5.04. The minimum Gasteiger partial charge on any atom is -0.461 e. The molecule has 0 unspecified atom stereocenters. The van der Waals surface area contributed by atoms with Gasteiger partial charge in [0.25, 0.3) is 0 Å². The second-order valence-electron chi connectivity index (χ2n) is 3.48. The highest BCUT2D eigenvalue weighted by Crippen LogP contribution is 2.08. The van der Waals surface area contributed by atoms with E-state index >= 15 is 0 Å². The highest BCUT2D eigenvalue weighted by atomic mass is 32.2. The van der Waals surface area contributed by atoms with E-state index in [1.807, 2.05) is 0 Å². The third-order valence-electron chi connectivity index (χ3n) is 2.48. The Morgan fingerprint density at radius 3 is 2.75 bits per heavy atom. The third-order valence-corrected chi connectivity index (χ3v) is 3.41. The Bertz CT molecular complexity index is 294. The molecule has 0 aliphatic heterocycles. The molecule has 0 spiro atoms. The Morgan fingerprint density at radius 1 is 1.44 bits per heavy atom. The van der Waals surface area contributed by atoms with Gasteiger partial charge in [0.05, 0.1) is 12.0 Å². The van der Waals surface area contributed by atoms with Gasteiger partial charge in [0.15, 0.2) is 5.76 Å². The van der Waals surface area contributed by atoms with E-state index in [-0.39, 0.29) is 5.78 Å². The second-order valence-corrected chi connectivity index (χ2v) is 4.59. The van der Waals surface area contributed by atoms with Gasteiger partial charge >= 0.3 is 0 Å². The first-order valence-corrected chi connectivity index (χ1v) is 6.80. The van der Waals surface area contributed by atoms with Crippen molar-refractivity contribution in [2.45, 2.75) is 13.8 Å². The van der Waals surface area contributed by atoms with Gasteiger partial charge in [-0.15, -0.1) is 0 Å². The summed E-state index contributed by atoms with van der Waals surface area (Å²) in [5.74, 6) is 2.05. The molecule has 0 atom stereocenters. The third kappa shape index (κ3) is 4.41. The van der Waals surface area contributed by atoms with Crippen molar-refractivity contribution in [2.24, 2.45) is 0 Å². The summed E-state index contributed by atoms with van der Waals surface area (Å²) in [6, 6.07) is 3.46. The zero-order valence-corrected chi connectivity index (χ0v) is 10.8. The largest absolute Gasteiger partial charge is 0.461 e. The van der Waals surface area contributed by atoms with Crippen LogP contribution in [-0.2, 0) is 0 Å². The van der Waals surface area contributed by atoms with E-state index in [4.69, 9.17) is 4.42 Å². The van der Waals surface area contributed by atoms with Gasteiger partial charge in [-0.3, -0.25) is 4.79 Å². The number of rotatable bonds is 8. The number of hydrogen-bond donors (Lipinski definition) is 0. The quantitative estimate of drug-likeness (QED) is 0.517. The highest BCUT2D eigenvalue weighted by molar-refractivity contribution is 8.00. The molecule has 0 radical (unpaired) electrons. The molecule has 0 N–H and O–H groups in total. The van der Waals surface area contributed by atoms with E-state index < -0.39 is 0 Å². The maximum Gasteiger partial charge on any atom is 0.207 e. The van der Waals surface area contributed by atoms with Crippen molar-refractivity contribution in [2.75, 3.05) is 31.1 Å². The normalized spacial score (nSPS) is 10.9. The van der Waals surface area contributed by atoms with Gasteiger partial charge in [-0.25, -0.2) is 0 Å². The standard InChI is InChI=1S/C12H19NO2S/c1-3-13(4-2)7-9-16-10-11(14)12-6-5-8-15-12/h5-6,8H,3-4,7,9-10H2,1-2H3. The first-order chi connectivity index (χ1) is 7.77. The number of ketones is 1. The number of nitrogens with zero attached hydrogens (tertiary/aromatic N) is 1. The zero-order valence-electron chi connectivity index (χ0n) is 9.94. The van der Waals surface area contributed by atoms with E-state index in [9.17, 15) is 4.79 Å². The van der Waals surface area contributed by atoms with Gasteiger partial charge in [0, 0.05) is 12.3 Å². The van der Waals surface area contributed by atoms with E-state index in [0.717, 1.165) is 25.4 Å². The van der Waals surface area contributed by atoms with Crippen molar-refractivity contribution < 1.29 is 9.21 Å². The van der Waals surface area contributed by atoms with Crippen LogP contribution < -0.4 is 0 Å². The second kappa shape index (κ2) is 7.52. The highest BCUT2D eigenvalue weighted by Gasteiger charge is 2.08. The summed E-state index contributed by atoms with van der Waals surface area (Å²) in [4.78, 5) is 13.9. The van der Waals surface area contributed by atoms with Crippen molar-refractivity contribution in [1.82, 2.24) is 4.90 Å². The fourth-order valence-electron chi connectivity index (χ4n) is 1.41. The fraction of sp³-hybridized carbons (Fsp3) is 0.583. The molecule has 0 saturated carbocycles. The van der Waals surface area contributed by atoms with Crippen molar-refractivity contribution >= 4 is 17.5 Å². The lowest BCUT2D eigenvalue weighted by molar-refractivity contribution is 0.0992. The summed E-state index contributed by atoms with van der Waals surface area (Å²) in [5, 5.41) is 0. The minimum atomic E-state index is 0.0783. The van der Waals surface area contributed by atoms with Crippen LogP contribution in [0.2, 0.25) is 0 Å². The molecule has 0 amide bonds. The average molecular weight is 241 g/mol. The zero-order chi connectivity index (χ0) is 11.8. The molecule has 4 heteroatoms. The molecule has 1 rings (SSSR count). The molecule has 0 bridgehead atoms. The van der Waals surface area contributed by atoms with E-state index in [0.29, 0.717) is 11.5 Å². The van der Waals surface area contributed by atoms with Gasteiger partial charge in [-0.2, -0.15) is 11.8 Å². The molecular formula is C12H19NO2S. The van der Waals surface area contributed by atoms with Crippen molar-refractivity contribution in [3.05, 3.63) is 24.2 Å². The summed E-state index contributed by atoms with van der Waals surface area (Å²) in [6.45, 7) is 7.50. The van der Waals surface area contributed by atoms with Crippen LogP contribution >= 0.6 is 11.8 Å². The number of carbonyl (C=O) groups is 1. The molecule has 0 aliphatic carbocycles. The molecule has 1 heterocycles. The lowest BCUT2D eigenvalue weighted by atomic mass is 10.3. The number of carbonyl (C=O) groups excluding carboxylic acids is 1. The van der Waals surface area contributed by atoms with Crippen LogP contribution in [0.1, 0.15) is 24.4 Å². The van der Waals surface area contributed by atoms with Gasteiger partial charge in [-0.1, -0.05) is 13.8 Å². The molecule has 1 aromatic rings. The van der Waals surface area contributed by atoms with Crippen LogP contribution in [0, 0.1) is 0 Å². The molecule has 1 aromatic heterocycles. The maximum absolute atomic E-state index is 11.6. The number of furan rings is 1. The summed E-state index contributed by atoms with van der Waals surface area (Å²) in [5.41, 5.74) is 0. The summed E-state index contributed by atoms with van der Waals surface area (Å²) >= 11 is 1.67. The fourth-order valence-corrected chi connectivity index (χ4v) is 2.27. The molecular weight excluding hydrogens is 222 g/mol. The molecule has 16 heavy (non-hydrogen) atoms. The molecule has 3 nitrogen and oxygen atoms in total. The van der Waals surface area contributed by atoms with Crippen LogP contribution in [0.4, 0.5) is 0 Å². The molecule has 0 aromatic carbocycles. The predicted molar refractivity (Wildman–Crippen MR) is 68.2 cm³/mol. The summed E-state index contributed by atoms with van der Waals surface area (Å²) in [6.07, 6.45) is 1.54. The Morgan fingerprint density at radius 2 is 2.19 bits per heavy atom. The topological polar surface area (TPSA) is 33.5 Å².